The van der Waals surface area contributed by atoms with Crippen molar-refractivity contribution in [2.45, 2.75) is 19.6 Å². The average molecular weight is 319 g/mol. The van der Waals surface area contributed by atoms with Gasteiger partial charge in [0.2, 0.25) is 11.8 Å². The van der Waals surface area contributed by atoms with E-state index in [0.29, 0.717) is 42.1 Å². The second-order valence-electron chi connectivity index (χ2n) is 5.17. The van der Waals surface area contributed by atoms with Gasteiger partial charge in [0.25, 0.3) is 0 Å². The van der Waals surface area contributed by atoms with E-state index in [4.69, 9.17) is 20.8 Å². The Bertz CT molecular complexity index is 710. The Labute approximate surface area is 133 Å². The Morgan fingerprint density at radius 2 is 2.32 bits per heavy atom. The highest BCUT2D eigenvalue weighted by atomic mass is 35.5. The van der Waals surface area contributed by atoms with E-state index >= 15 is 0 Å². The number of rotatable bonds is 3. The monoisotopic (exact) mass is 318 g/mol. The van der Waals surface area contributed by atoms with Gasteiger partial charge in [-0.05, 0) is 17.7 Å². The van der Waals surface area contributed by atoms with Crippen LogP contribution in [0.2, 0.25) is 5.02 Å². The third-order valence-corrected chi connectivity index (χ3v) is 3.79. The van der Waals surface area contributed by atoms with Crippen molar-refractivity contribution in [3.63, 3.8) is 0 Å². The van der Waals surface area contributed by atoms with E-state index in [9.17, 15) is 5.26 Å². The largest absolute Gasteiger partial charge is 0.423 e. The highest BCUT2D eigenvalue weighted by molar-refractivity contribution is 6.30. The number of hydrogen-bond acceptors (Lipinski definition) is 6. The highest BCUT2D eigenvalue weighted by Crippen LogP contribution is 2.23. The summed E-state index contributed by atoms with van der Waals surface area (Å²) < 4.78 is 11.1. The molecule has 2 aromatic rings. The molecule has 0 spiro atoms. The maximum absolute atomic E-state index is 9.22. The number of aryl methyl sites for hydroxylation is 1. The van der Waals surface area contributed by atoms with Crippen LogP contribution < -0.4 is 0 Å². The van der Waals surface area contributed by atoms with Gasteiger partial charge in [0.05, 0.1) is 18.2 Å². The van der Waals surface area contributed by atoms with Gasteiger partial charge in [0.1, 0.15) is 6.10 Å². The minimum atomic E-state index is -0.229. The fraction of sp³-hybridized carbons (Fsp3) is 0.400. The van der Waals surface area contributed by atoms with E-state index in [2.05, 4.69) is 21.2 Å². The van der Waals surface area contributed by atoms with E-state index in [1.165, 1.54) is 0 Å². The van der Waals surface area contributed by atoms with Crippen molar-refractivity contribution in [1.29, 1.82) is 5.26 Å². The first-order valence-electron chi connectivity index (χ1n) is 6.98. The number of benzene rings is 1. The molecule has 1 unspecified atom stereocenters. The molecule has 1 aliphatic heterocycles. The molecule has 0 amide bonds. The predicted octanol–water partition coefficient (Wildman–Crippen LogP) is 2.48. The molecule has 2 heterocycles. The van der Waals surface area contributed by atoms with Crippen LogP contribution in [-0.4, -0.2) is 34.8 Å². The van der Waals surface area contributed by atoms with Gasteiger partial charge < -0.3 is 9.15 Å². The number of aromatic nitrogens is 2. The molecule has 0 saturated carbocycles. The number of morpholine rings is 1. The molecule has 6 nitrogen and oxygen atoms in total. The maximum atomic E-state index is 9.22. The molecule has 1 saturated heterocycles. The average Bonchev–Trinajstić information content (AvgIpc) is 2.96. The quantitative estimate of drug-likeness (QED) is 0.865. The Morgan fingerprint density at radius 1 is 1.45 bits per heavy atom. The van der Waals surface area contributed by atoms with E-state index in [-0.39, 0.29) is 6.10 Å². The molecule has 1 fully saturated rings. The fourth-order valence-electron chi connectivity index (χ4n) is 2.47. The lowest BCUT2D eigenvalue weighted by molar-refractivity contribution is -0.0457. The summed E-state index contributed by atoms with van der Waals surface area (Å²) in [6.45, 7) is 4.44. The summed E-state index contributed by atoms with van der Waals surface area (Å²) in [5, 5.41) is 17.6. The van der Waals surface area contributed by atoms with E-state index in [0.717, 1.165) is 12.1 Å². The molecule has 0 N–H and O–H groups in total. The first-order valence-corrected chi connectivity index (χ1v) is 7.36. The Kier molecular flexibility index (Phi) is 4.39. The van der Waals surface area contributed by atoms with Gasteiger partial charge in [0.15, 0.2) is 0 Å². The molecule has 114 valence electrons. The molecule has 1 atom stereocenters. The Morgan fingerprint density at radius 3 is 3.05 bits per heavy atom. The molecular weight excluding hydrogens is 304 g/mol. The second-order valence-corrected chi connectivity index (χ2v) is 5.60. The number of nitriles is 1. The van der Waals surface area contributed by atoms with Crippen molar-refractivity contribution in [3.8, 4) is 6.07 Å². The summed E-state index contributed by atoms with van der Waals surface area (Å²) in [7, 11) is 0. The number of hydrogen-bond donors (Lipinski definition) is 0. The van der Waals surface area contributed by atoms with Crippen LogP contribution in [0.3, 0.4) is 0 Å². The number of halogens is 1. The summed E-state index contributed by atoms with van der Waals surface area (Å²) in [5.74, 6) is 1.03. The summed E-state index contributed by atoms with van der Waals surface area (Å²) in [4.78, 5) is 2.21. The molecule has 0 aliphatic carbocycles. The first-order chi connectivity index (χ1) is 10.7. The van der Waals surface area contributed by atoms with Crippen molar-refractivity contribution < 1.29 is 9.15 Å². The van der Waals surface area contributed by atoms with Crippen molar-refractivity contribution in [2.24, 2.45) is 0 Å². The second kappa shape index (κ2) is 6.44. The SMILES string of the molecule is Cc1nnc(C2CN(Cc3ccc(Cl)cc3C#N)CCO2)o1. The molecule has 3 rings (SSSR count). The summed E-state index contributed by atoms with van der Waals surface area (Å²) in [6.07, 6.45) is -0.229. The normalized spacial score (nSPS) is 19.0. The minimum absolute atomic E-state index is 0.229. The van der Waals surface area contributed by atoms with Crippen molar-refractivity contribution in [3.05, 3.63) is 46.1 Å². The lowest BCUT2D eigenvalue weighted by Gasteiger charge is -2.31. The van der Waals surface area contributed by atoms with Crippen LogP contribution in [0.15, 0.2) is 22.6 Å². The van der Waals surface area contributed by atoms with Gasteiger partial charge >= 0.3 is 0 Å². The molecule has 1 aromatic heterocycles. The van der Waals surface area contributed by atoms with Crippen molar-refractivity contribution >= 4 is 11.6 Å². The summed E-state index contributed by atoms with van der Waals surface area (Å²) >= 11 is 5.93. The van der Waals surface area contributed by atoms with Crippen molar-refractivity contribution in [1.82, 2.24) is 15.1 Å². The Hall–Kier alpha value is -1.94. The third kappa shape index (κ3) is 3.28. The highest BCUT2D eigenvalue weighted by Gasteiger charge is 2.26. The lowest BCUT2D eigenvalue weighted by atomic mass is 10.1. The van der Waals surface area contributed by atoms with Gasteiger partial charge in [0, 0.05) is 31.6 Å². The van der Waals surface area contributed by atoms with E-state index < -0.39 is 0 Å². The standard InChI is InChI=1S/C15H15ClN4O2/c1-10-18-19-15(22-10)14-9-20(4-5-21-14)8-11-2-3-13(16)6-12(11)7-17/h2-3,6,14H,4-5,8-9H2,1H3. The van der Waals surface area contributed by atoms with Crippen LogP contribution in [0, 0.1) is 18.3 Å². The molecule has 1 aliphatic rings. The zero-order valence-electron chi connectivity index (χ0n) is 12.1. The topological polar surface area (TPSA) is 75.2 Å². The van der Waals surface area contributed by atoms with Gasteiger partial charge in [-0.1, -0.05) is 17.7 Å². The maximum Gasteiger partial charge on any atom is 0.246 e. The molecular formula is C15H15ClN4O2. The zero-order chi connectivity index (χ0) is 15.5. The number of nitrogens with zero attached hydrogens (tertiary/aromatic N) is 4. The number of ether oxygens (including phenoxy) is 1. The van der Waals surface area contributed by atoms with Gasteiger partial charge in [-0.15, -0.1) is 10.2 Å². The van der Waals surface area contributed by atoms with Crippen molar-refractivity contribution in [2.75, 3.05) is 19.7 Å². The molecule has 1 aromatic carbocycles. The Balaban J connectivity index is 1.72. The van der Waals surface area contributed by atoms with E-state index in [1.807, 2.05) is 6.07 Å². The fourth-order valence-corrected chi connectivity index (χ4v) is 2.64. The molecule has 22 heavy (non-hydrogen) atoms. The van der Waals surface area contributed by atoms with E-state index in [1.54, 1.807) is 19.1 Å². The van der Waals surface area contributed by atoms with Crippen LogP contribution in [-0.2, 0) is 11.3 Å². The summed E-state index contributed by atoms with van der Waals surface area (Å²) in [6, 6.07) is 7.57. The van der Waals surface area contributed by atoms with Crippen LogP contribution in [0.5, 0.6) is 0 Å². The zero-order valence-corrected chi connectivity index (χ0v) is 12.9. The summed E-state index contributed by atoms with van der Waals surface area (Å²) in [5.41, 5.74) is 1.55. The first kappa shape index (κ1) is 15.0. The van der Waals surface area contributed by atoms with Gasteiger partial charge in [-0.2, -0.15) is 5.26 Å². The van der Waals surface area contributed by atoms with Gasteiger partial charge in [-0.3, -0.25) is 4.90 Å². The van der Waals surface area contributed by atoms with Crippen LogP contribution in [0.25, 0.3) is 0 Å². The smallest absolute Gasteiger partial charge is 0.246 e. The van der Waals surface area contributed by atoms with Gasteiger partial charge in [-0.25, -0.2) is 0 Å². The lowest BCUT2D eigenvalue weighted by Crippen LogP contribution is -2.38. The van der Waals surface area contributed by atoms with Crippen LogP contribution in [0.4, 0.5) is 0 Å². The minimum Gasteiger partial charge on any atom is -0.423 e. The van der Waals surface area contributed by atoms with Crippen LogP contribution in [0.1, 0.15) is 29.0 Å². The third-order valence-electron chi connectivity index (χ3n) is 3.55. The van der Waals surface area contributed by atoms with Crippen LogP contribution >= 0.6 is 11.6 Å². The molecule has 0 radical (unpaired) electrons. The predicted molar refractivity (Wildman–Crippen MR) is 79.2 cm³/mol. The molecule has 7 heteroatoms. The molecule has 0 bridgehead atoms.